The van der Waals surface area contributed by atoms with Crippen LogP contribution in [0.5, 0.6) is 0 Å². The molecule has 68 valence electrons. The van der Waals surface area contributed by atoms with Crippen molar-refractivity contribution in [1.82, 2.24) is 0 Å². The molecule has 0 aromatic rings. The fourth-order valence-corrected chi connectivity index (χ4v) is 1.80. The summed E-state index contributed by atoms with van der Waals surface area (Å²) in [6.07, 6.45) is 3.10. The molecule has 1 atom stereocenters. The van der Waals surface area contributed by atoms with Crippen LogP contribution in [0.2, 0.25) is 0 Å². The van der Waals surface area contributed by atoms with Crippen LogP contribution in [-0.2, 0) is 4.79 Å². The Bertz CT molecular complexity index is 237. The smallest absolute Gasteiger partial charge is 0.136 e. The van der Waals surface area contributed by atoms with Gasteiger partial charge >= 0.3 is 0 Å². The van der Waals surface area contributed by atoms with Crippen molar-refractivity contribution in [2.45, 2.75) is 47.0 Å². The first kappa shape index (κ1) is 9.50. The quantitative estimate of drug-likeness (QED) is 0.547. The first-order valence-electron chi connectivity index (χ1n) is 4.62. The van der Waals surface area contributed by atoms with E-state index in [0.717, 1.165) is 19.3 Å². The number of carbonyl (C=O) groups excluding carboxylic acids is 1. The molecule has 1 rings (SSSR count). The predicted molar refractivity (Wildman–Crippen MR) is 51.0 cm³/mol. The summed E-state index contributed by atoms with van der Waals surface area (Å²) < 4.78 is 0. The van der Waals surface area contributed by atoms with Crippen molar-refractivity contribution in [1.29, 1.82) is 0 Å². The maximum atomic E-state index is 11.4. The third-order valence-electron chi connectivity index (χ3n) is 3.29. The fraction of sp³-hybridized carbons (Fsp3) is 0.727. The highest BCUT2D eigenvalue weighted by molar-refractivity contribution is 5.82. The highest BCUT2D eigenvalue weighted by Crippen LogP contribution is 2.39. The molecule has 0 aromatic carbocycles. The Morgan fingerprint density at radius 1 is 1.33 bits per heavy atom. The van der Waals surface area contributed by atoms with Crippen LogP contribution in [-0.4, -0.2) is 5.78 Å². The molecule has 0 N–H and O–H groups in total. The molecule has 12 heavy (non-hydrogen) atoms. The maximum absolute atomic E-state index is 11.4. The molecular weight excluding hydrogens is 148 g/mol. The number of hydrogen-bond acceptors (Lipinski definition) is 1. The van der Waals surface area contributed by atoms with E-state index in [0.29, 0.717) is 5.78 Å². The van der Waals surface area contributed by atoms with E-state index >= 15 is 0 Å². The highest BCUT2D eigenvalue weighted by atomic mass is 16.1. The molecule has 0 saturated heterocycles. The first-order chi connectivity index (χ1) is 5.46. The lowest BCUT2D eigenvalue weighted by atomic mass is 9.71. The number of hydrogen-bond donors (Lipinski definition) is 0. The van der Waals surface area contributed by atoms with Crippen molar-refractivity contribution in [3.8, 4) is 0 Å². The number of ketones is 1. The zero-order valence-electron chi connectivity index (χ0n) is 8.53. The van der Waals surface area contributed by atoms with Gasteiger partial charge in [0.25, 0.3) is 0 Å². The monoisotopic (exact) mass is 166 g/mol. The Labute approximate surface area is 74.9 Å². The van der Waals surface area contributed by atoms with Crippen molar-refractivity contribution in [2.75, 3.05) is 0 Å². The Balaban J connectivity index is 2.84. The van der Waals surface area contributed by atoms with Crippen LogP contribution < -0.4 is 0 Å². The molecule has 1 heteroatoms. The van der Waals surface area contributed by atoms with E-state index in [1.807, 2.05) is 0 Å². The van der Waals surface area contributed by atoms with Gasteiger partial charge in [-0.2, -0.15) is 0 Å². The molecule has 0 bridgehead atoms. The van der Waals surface area contributed by atoms with E-state index in [2.05, 4.69) is 20.8 Å². The normalized spacial score (nSPS) is 30.7. The summed E-state index contributed by atoms with van der Waals surface area (Å²) in [6, 6.07) is 0. The summed E-state index contributed by atoms with van der Waals surface area (Å²) in [5.41, 5.74) is 2.83. The van der Waals surface area contributed by atoms with Gasteiger partial charge < -0.3 is 0 Å². The van der Waals surface area contributed by atoms with Crippen molar-refractivity contribution in [2.24, 2.45) is 5.41 Å². The van der Waals surface area contributed by atoms with E-state index in [4.69, 9.17) is 0 Å². The molecule has 0 spiro atoms. The molecule has 1 aliphatic carbocycles. The average Bonchev–Trinajstić information content (AvgIpc) is 1.97. The van der Waals surface area contributed by atoms with Gasteiger partial charge in [0.1, 0.15) is 5.78 Å². The maximum Gasteiger partial charge on any atom is 0.136 e. The zero-order chi connectivity index (χ0) is 9.35. The van der Waals surface area contributed by atoms with Crippen LogP contribution in [0.15, 0.2) is 11.1 Å². The van der Waals surface area contributed by atoms with Crippen LogP contribution in [0.3, 0.4) is 0 Å². The summed E-state index contributed by atoms with van der Waals surface area (Å²) in [5.74, 6) is 0.342. The molecule has 0 heterocycles. The summed E-state index contributed by atoms with van der Waals surface area (Å²) in [6.45, 7) is 8.13. The van der Waals surface area contributed by atoms with Crippen molar-refractivity contribution in [3.63, 3.8) is 0 Å². The van der Waals surface area contributed by atoms with E-state index in [9.17, 15) is 4.79 Å². The molecule has 0 amide bonds. The lowest BCUT2D eigenvalue weighted by molar-refractivity contribution is -0.126. The largest absolute Gasteiger partial charge is 0.299 e. The van der Waals surface area contributed by atoms with Crippen LogP contribution in [0.25, 0.3) is 0 Å². The topological polar surface area (TPSA) is 17.1 Å². The van der Waals surface area contributed by atoms with Gasteiger partial charge in [0.05, 0.1) is 0 Å². The molecular formula is C11H18O. The minimum absolute atomic E-state index is 0.0659. The molecule has 0 fully saturated rings. The molecule has 1 aliphatic rings. The minimum Gasteiger partial charge on any atom is -0.299 e. The lowest BCUT2D eigenvalue weighted by Gasteiger charge is -2.32. The Morgan fingerprint density at radius 2 is 1.92 bits per heavy atom. The van der Waals surface area contributed by atoms with Gasteiger partial charge in [0.15, 0.2) is 0 Å². The van der Waals surface area contributed by atoms with Gasteiger partial charge in [-0.1, -0.05) is 18.1 Å². The molecule has 0 saturated carbocycles. The van der Waals surface area contributed by atoms with E-state index in [1.54, 1.807) is 6.92 Å². The molecule has 0 unspecified atom stereocenters. The summed E-state index contributed by atoms with van der Waals surface area (Å²) >= 11 is 0. The second kappa shape index (κ2) is 3.04. The molecule has 0 aliphatic heterocycles. The number of Topliss-reactive ketones (excluding diaryl/α,β-unsaturated/α-hetero) is 1. The van der Waals surface area contributed by atoms with Crippen LogP contribution in [0, 0.1) is 5.41 Å². The van der Waals surface area contributed by atoms with Crippen LogP contribution in [0.4, 0.5) is 0 Å². The van der Waals surface area contributed by atoms with Gasteiger partial charge in [-0.15, -0.1) is 0 Å². The van der Waals surface area contributed by atoms with E-state index in [-0.39, 0.29) is 5.41 Å². The van der Waals surface area contributed by atoms with Crippen LogP contribution in [0.1, 0.15) is 47.0 Å². The van der Waals surface area contributed by atoms with Crippen molar-refractivity contribution in [3.05, 3.63) is 11.1 Å². The first-order valence-corrected chi connectivity index (χ1v) is 4.62. The zero-order valence-corrected chi connectivity index (χ0v) is 8.53. The molecule has 1 nitrogen and oxygen atoms in total. The average molecular weight is 166 g/mol. The number of rotatable bonds is 1. The third-order valence-corrected chi connectivity index (χ3v) is 3.29. The summed E-state index contributed by atoms with van der Waals surface area (Å²) in [5, 5.41) is 0. The van der Waals surface area contributed by atoms with E-state index < -0.39 is 0 Å². The fourth-order valence-electron chi connectivity index (χ4n) is 1.80. The predicted octanol–water partition coefficient (Wildman–Crippen LogP) is 3.10. The second-order valence-corrected chi connectivity index (χ2v) is 4.35. The van der Waals surface area contributed by atoms with Gasteiger partial charge in [-0.05, 0) is 40.0 Å². The number of allylic oxidation sites excluding steroid dienone is 2. The van der Waals surface area contributed by atoms with Gasteiger partial charge in [0, 0.05) is 5.41 Å². The van der Waals surface area contributed by atoms with Gasteiger partial charge in [-0.25, -0.2) is 0 Å². The Morgan fingerprint density at radius 3 is 2.33 bits per heavy atom. The standard InChI is InChI=1S/C11H18O/c1-8-5-6-11(4,10(3)12)7-9(8)2/h5-7H2,1-4H3/t11-/m1/s1. The van der Waals surface area contributed by atoms with E-state index in [1.165, 1.54) is 11.1 Å². The summed E-state index contributed by atoms with van der Waals surface area (Å²) in [4.78, 5) is 11.4. The SMILES string of the molecule is CC(=O)[C@]1(C)CCC(C)=C(C)C1. The Hall–Kier alpha value is -0.590. The van der Waals surface area contributed by atoms with Gasteiger partial charge in [-0.3, -0.25) is 4.79 Å². The lowest BCUT2D eigenvalue weighted by Crippen LogP contribution is -2.28. The van der Waals surface area contributed by atoms with Crippen molar-refractivity contribution < 1.29 is 4.79 Å². The number of carbonyl (C=O) groups is 1. The molecule has 0 aromatic heterocycles. The Kier molecular flexibility index (Phi) is 2.41. The highest BCUT2D eigenvalue weighted by Gasteiger charge is 2.32. The summed E-state index contributed by atoms with van der Waals surface area (Å²) in [7, 11) is 0. The second-order valence-electron chi connectivity index (χ2n) is 4.35. The van der Waals surface area contributed by atoms with Gasteiger partial charge in [0.2, 0.25) is 0 Å². The third kappa shape index (κ3) is 1.60. The minimum atomic E-state index is -0.0659. The van der Waals surface area contributed by atoms with Crippen LogP contribution >= 0.6 is 0 Å². The molecule has 0 radical (unpaired) electrons. The van der Waals surface area contributed by atoms with Crippen molar-refractivity contribution >= 4 is 5.78 Å².